The highest BCUT2D eigenvalue weighted by Crippen LogP contribution is 2.24. The third-order valence-corrected chi connectivity index (χ3v) is 4.95. The summed E-state index contributed by atoms with van der Waals surface area (Å²) in [6, 6.07) is 0.386. The van der Waals surface area contributed by atoms with Crippen LogP contribution in [-0.4, -0.2) is 68.1 Å². The number of carbonyl (C=O) groups excluding carboxylic acids is 1. The van der Waals surface area contributed by atoms with Gasteiger partial charge < -0.3 is 16.0 Å². The van der Waals surface area contributed by atoms with Gasteiger partial charge in [-0.1, -0.05) is 13.8 Å². The normalized spacial score (nSPS) is 17.3. The zero-order valence-corrected chi connectivity index (χ0v) is 17.3. The second kappa shape index (κ2) is 13.5. The topological polar surface area (TPSA) is 61.6 Å². The number of rotatable bonds is 7. The van der Waals surface area contributed by atoms with Crippen LogP contribution in [0.1, 0.15) is 33.6 Å². The fourth-order valence-corrected chi connectivity index (χ4v) is 2.77. The molecule has 1 saturated heterocycles. The first-order valence-electron chi connectivity index (χ1n) is 7.90. The van der Waals surface area contributed by atoms with Gasteiger partial charge in [0, 0.05) is 45.3 Å². The molecule has 8 heteroatoms. The monoisotopic (exact) mass is 392 g/mol. The van der Waals surface area contributed by atoms with E-state index in [9.17, 15) is 4.79 Å². The number of likely N-dealkylation sites (N-methyl/N-ethyl adjacent to an activating group) is 1. The van der Waals surface area contributed by atoms with Crippen molar-refractivity contribution in [2.75, 3.05) is 46.3 Å². The number of piperazine rings is 1. The third-order valence-electron chi connectivity index (χ3n) is 4.95. The van der Waals surface area contributed by atoms with Gasteiger partial charge >= 0.3 is 0 Å². The van der Waals surface area contributed by atoms with Crippen LogP contribution in [0.5, 0.6) is 0 Å². The minimum absolute atomic E-state index is 0. The summed E-state index contributed by atoms with van der Waals surface area (Å²) in [5, 5.41) is 3.11. The fourth-order valence-electron chi connectivity index (χ4n) is 2.77. The number of nitrogens with one attached hydrogen (secondary N) is 1. The lowest BCUT2D eigenvalue weighted by molar-refractivity contribution is -0.131. The Hall–Kier alpha value is 0.220. The van der Waals surface area contributed by atoms with Gasteiger partial charge in [0.2, 0.25) is 5.91 Å². The Morgan fingerprint density at radius 3 is 2.00 bits per heavy atom. The zero-order chi connectivity index (χ0) is 15.2. The van der Waals surface area contributed by atoms with Crippen molar-refractivity contribution in [2.45, 2.75) is 39.7 Å². The van der Waals surface area contributed by atoms with Crippen molar-refractivity contribution < 1.29 is 4.79 Å². The molecule has 3 N–H and O–H groups in total. The SMILES string of the molecule is CCC(CC)(CN)C(=O)NCC(C)N1CCN(C)CC1.Cl.Cl.Cl. The van der Waals surface area contributed by atoms with Crippen LogP contribution in [0.2, 0.25) is 0 Å². The summed E-state index contributed by atoms with van der Waals surface area (Å²) >= 11 is 0. The Balaban J connectivity index is -0.00000133. The summed E-state index contributed by atoms with van der Waals surface area (Å²) in [5.41, 5.74) is 5.43. The van der Waals surface area contributed by atoms with Gasteiger partial charge in [0.15, 0.2) is 0 Å². The highest BCUT2D eigenvalue weighted by Gasteiger charge is 2.33. The van der Waals surface area contributed by atoms with E-state index >= 15 is 0 Å². The van der Waals surface area contributed by atoms with Gasteiger partial charge in [0.05, 0.1) is 5.41 Å². The summed E-state index contributed by atoms with van der Waals surface area (Å²) in [4.78, 5) is 17.2. The van der Waals surface area contributed by atoms with Gasteiger partial charge in [0.25, 0.3) is 0 Å². The molecule has 1 unspecified atom stereocenters. The van der Waals surface area contributed by atoms with Crippen LogP contribution in [0, 0.1) is 5.41 Å². The molecule has 1 fully saturated rings. The number of hydrogen-bond donors (Lipinski definition) is 2. The molecule has 5 nitrogen and oxygen atoms in total. The predicted octanol–water partition coefficient (Wildman–Crippen LogP) is 1.77. The molecule has 0 radical (unpaired) electrons. The standard InChI is InChI=1S/C15H32N4O.3ClH/c1-5-15(6-2,12-16)14(20)17-11-13(3)19-9-7-18(4)8-10-19;;;/h13H,5-12,16H2,1-4H3,(H,17,20);3*1H. The third kappa shape index (κ3) is 7.76. The minimum atomic E-state index is -0.387. The Labute approximate surface area is 160 Å². The number of hydrogen-bond acceptors (Lipinski definition) is 4. The summed E-state index contributed by atoms with van der Waals surface area (Å²) in [6.07, 6.45) is 1.60. The van der Waals surface area contributed by atoms with Crippen molar-refractivity contribution in [1.82, 2.24) is 15.1 Å². The van der Waals surface area contributed by atoms with E-state index in [0.717, 1.165) is 39.0 Å². The maximum atomic E-state index is 12.4. The number of nitrogens with zero attached hydrogens (tertiary/aromatic N) is 2. The van der Waals surface area contributed by atoms with Gasteiger partial charge in [0.1, 0.15) is 0 Å². The fraction of sp³-hybridized carbons (Fsp3) is 0.933. The Morgan fingerprint density at radius 1 is 1.13 bits per heavy atom. The second-order valence-corrected chi connectivity index (χ2v) is 6.09. The van der Waals surface area contributed by atoms with E-state index in [0.29, 0.717) is 19.1 Å². The summed E-state index contributed by atoms with van der Waals surface area (Å²) < 4.78 is 0. The highest BCUT2D eigenvalue weighted by atomic mass is 35.5. The lowest BCUT2D eigenvalue weighted by atomic mass is 9.81. The zero-order valence-electron chi connectivity index (χ0n) is 14.8. The molecule has 0 spiro atoms. The van der Waals surface area contributed by atoms with Crippen LogP contribution in [0.25, 0.3) is 0 Å². The van der Waals surface area contributed by atoms with Gasteiger partial charge in [-0.15, -0.1) is 37.2 Å². The maximum absolute atomic E-state index is 12.4. The Kier molecular flexibility index (Phi) is 16.5. The van der Waals surface area contributed by atoms with Crippen molar-refractivity contribution in [1.29, 1.82) is 0 Å². The Bertz CT molecular complexity index is 301. The van der Waals surface area contributed by atoms with Gasteiger partial charge in [-0.2, -0.15) is 0 Å². The van der Waals surface area contributed by atoms with E-state index < -0.39 is 0 Å². The van der Waals surface area contributed by atoms with Gasteiger partial charge in [-0.3, -0.25) is 9.69 Å². The smallest absolute Gasteiger partial charge is 0.227 e. The van der Waals surface area contributed by atoms with E-state index in [1.807, 2.05) is 13.8 Å². The van der Waals surface area contributed by atoms with Gasteiger partial charge in [-0.05, 0) is 26.8 Å². The van der Waals surface area contributed by atoms with Crippen molar-refractivity contribution >= 4 is 43.1 Å². The van der Waals surface area contributed by atoms with Crippen LogP contribution in [0.4, 0.5) is 0 Å². The van der Waals surface area contributed by atoms with Crippen molar-refractivity contribution in [3.05, 3.63) is 0 Å². The highest BCUT2D eigenvalue weighted by molar-refractivity contribution is 5.86. The van der Waals surface area contributed by atoms with Crippen molar-refractivity contribution in [3.63, 3.8) is 0 Å². The lowest BCUT2D eigenvalue weighted by Gasteiger charge is -2.37. The summed E-state index contributed by atoms with van der Waals surface area (Å²) in [6.45, 7) is 11.8. The molecule has 0 saturated carbocycles. The Morgan fingerprint density at radius 2 is 1.61 bits per heavy atom. The molecule has 0 aromatic carbocycles. The molecule has 0 aromatic rings. The van der Waals surface area contributed by atoms with Crippen molar-refractivity contribution in [2.24, 2.45) is 11.1 Å². The van der Waals surface area contributed by atoms with E-state index in [4.69, 9.17) is 5.73 Å². The first-order valence-corrected chi connectivity index (χ1v) is 7.90. The molecular formula is C15H35Cl3N4O. The molecule has 1 aliphatic rings. The van der Waals surface area contributed by atoms with Crippen LogP contribution >= 0.6 is 37.2 Å². The molecule has 0 bridgehead atoms. The molecular weight excluding hydrogens is 359 g/mol. The maximum Gasteiger partial charge on any atom is 0.227 e. The predicted molar refractivity (Wildman–Crippen MR) is 105 cm³/mol. The summed E-state index contributed by atoms with van der Waals surface area (Å²) in [7, 11) is 2.15. The van der Waals surface area contributed by atoms with E-state index in [2.05, 4.69) is 29.1 Å². The quantitative estimate of drug-likeness (QED) is 0.692. The van der Waals surface area contributed by atoms with E-state index in [-0.39, 0.29) is 48.5 Å². The van der Waals surface area contributed by atoms with E-state index in [1.54, 1.807) is 0 Å². The number of amides is 1. The molecule has 1 heterocycles. The second-order valence-electron chi connectivity index (χ2n) is 6.09. The first-order chi connectivity index (χ1) is 9.49. The molecule has 0 aromatic heterocycles. The molecule has 142 valence electrons. The summed E-state index contributed by atoms with van der Waals surface area (Å²) in [5.74, 6) is 0.117. The minimum Gasteiger partial charge on any atom is -0.354 e. The van der Waals surface area contributed by atoms with Crippen LogP contribution in [-0.2, 0) is 4.79 Å². The van der Waals surface area contributed by atoms with Gasteiger partial charge in [-0.25, -0.2) is 0 Å². The molecule has 1 aliphatic heterocycles. The molecule has 1 atom stereocenters. The molecule has 0 aliphatic carbocycles. The number of carbonyl (C=O) groups is 1. The van der Waals surface area contributed by atoms with E-state index in [1.165, 1.54) is 0 Å². The average Bonchev–Trinajstić information content (AvgIpc) is 2.48. The van der Waals surface area contributed by atoms with Crippen molar-refractivity contribution in [3.8, 4) is 0 Å². The first kappa shape index (κ1) is 28.0. The molecule has 1 amide bonds. The van der Waals surface area contributed by atoms with Crippen LogP contribution in [0.15, 0.2) is 0 Å². The lowest BCUT2D eigenvalue weighted by Crippen LogP contribution is -2.53. The van der Waals surface area contributed by atoms with Crippen LogP contribution < -0.4 is 11.1 Å². The molecule has 1 rings (SSSR count). The average molecular weight is 394 g/mol. The number of halogens is 3. The number of nitrogens with two attached hydrogens (primary N) is 1. The largest absolute Gasteiger partial charge is 0.354 e. The van der Waals surface area contributed by atoms with Crippen LogP contribution in [0.3, 0.4) is 0 Å². The molecule has 23 heavy (non-hydrogen) atoms.